The van der Waals surface area contributed by atoms with Gasteiger partial charge in [0.1, 0.15) is 0 Å². The molecule has 0 fully saturated rings. The summed E-state index contributed by atoms with van der Waals surface area (Å²) >= 11 is 12.0. The second-order valence-electron chi connectivity index (χ2n) is 3.70. The van der Waals surface area contributed by atoms with E-state index in [1.807, 2.05) is 30.3 Å². The van der Waals surface area contributed by atoms with E-state index in [1.165, 1.54) is 11.1 Å². The summed E-state index contributed by atoms with van der Waals surface area (Å²) < 4.78 is 0. The van der Waals surface area contributed by atoms with Crippen molar-refractivity contribution in [2.45, 2.75) is 12.8 Å². The highest BCUT2D eigenvalue weighted by molar-refractivity contribution is 6.32. The van der Waals surface area contributed by atoms with Gasteiger partial charge >= 0.3 is 0 Å². The summed E-state index contributed by atoms with van der Waals surface area (Å²) in [4.78, 5) is 0. The molecule has 0 bridgehead atoms. The quantitative estimate of drug-likeness (QED) is 0.655. The van der Waals surface area contributed by atoms with Crippen molar-refractivity contribution < 1.29 is 0 Å². The SMILES string of the molecule is Cc1c(-c2ccccc2)ccc(Cl)c1CCl. The zero-order valence-electron chi connectivity index (χ0n) is 9.00. The molecule has 0 amide bonds. The largest absolute Gasteiger partial charge is 0.121 e. The molecule has 0 N–H and O–H groups in total. The number of hydrogen-bond donors (Lipinski definition) is 0. The normalized spacial score (nSPS) is 10.4. The van der Waals surface area contributed by atoms with Gasteiger partial charge in [-0.1, -0.05) is 48.0 Å². The van der Waals surface area contributed by atoms with Crippen molar-refractivity contribution in [2.24, 2.45) is 0 Å². The number of benzene rings is 2. The molecule has 2 heteroatoms. The molecule has 0 saturated heterocycles. The Labute approximate surface area is 106 Å². The Balaban J connectivity index is 2.59. The van der Waals surface area contributed by atoms with E-state index in [0.29, 0.717) is 5.88 Å². The monoisotopic (exact) mass is 250 g/mol. The molecule has 0 aliphatic heterocycles. The Hall–Kier alpha value is -0.980. The van der Waals surface area contributed by atoms with Crippen molar-refractivity contribution in [1.82, 2.24) is 0 Å². The molecule has 0 unspecified atom stereocenters. The summed E-state index contributed by atoms with van der Waals surface area (Å²) in [6, 6.07) is 14.2. The minimum Gasteiger partial charge on any atom is -0.121 e. The Kier molecular flexibility index (Phi) is 3.52. The van der Waals surface area contributed by atoms with Gasteiger partial charge in [0.25, 0.3) is 0 Å². The lowest BCUT2D eigenvalue weighted by Gasteiger charge is -2.11. The zero-order valence-corrected chi connectivity index (χ0v) is 10.5. The molecular weight excluding hydrogens is 239 g/mol. The van der Waals surface area contributed by atoms with Crippen LogP contribution < -0.4 is 0 Å². The fraction of sp³-hybridized carbons (Fsp3) is 0.143. The molecule has 0 heterocycles. The van der Waals surface area contributed by atoms with E-state index in [9.17, 15) is 0 Å². The Morgan fingerprint density at radius 1 is 1.00 bits per heavy atom. The van der Waals surface area contributed by atoms with E-state index in [4.69, 9.17) is 23.2 Å². The van der Waals surface area contributed by atoms with Crippen LogP contribution in [0.5, 0.6) is 0 Å². The lowest BCUT2D eigenvalue weighted by Crippen LogP contribution is -1.91. The molecule has 0 aliphatic carbocycles. The molecule has 0 saturated carbocycles. The van der Waals surface area contributed by atoms with E-state index >= 15 is 0 Å². The van der Waals surface area contributed by atoms with Gasteiger partial charge in [0.05, 0.1) is 0 Å². The number of halogens is 2. The van der Waals surface area contributed by atoms with Crippen LogP contribution in [0, 0.1) is 6.92 Å². The Bertz CT molecular complexity index is 490. The van der Waals surface area contributed by atoms with Crippen molar-refractivity contribution in [3.63, 3.8) is 0 Å². The first-order valence-electron chi connectivity index (χ1n) is 5.13. The first-order chi connectivity index (χ1) is 7.74. The maximum absolute atomic E-state index is 6.10. The van der Waals surface area contributed by atoms with E-state index in [-0.39, 0.29) is 0 Å². The topological polar surface area (TPSA) is 0 Å². The predicted octanol–water partition coefficient (Wildman–Crippen LogP) is 5.05. The van der Waals surface area contributed by atoms with Gasteiger partial charge in [0.15, 0.2) is 0 Å². The summed E-state index contributed by atoms with van der Waals surface area (Å²) in [5.41, 5.74) is 4.57. The molecule has 0 nitrogen and oxygen atoms in total. The molecule has 0 spiro atoms. The van der Waals surface area contributed by atoms with Gasteiger partial charge in [-0.3, -0.25) is 0 Å². The first kappa shape index (κ1) is 11.5. The second-order valence-corrected chi connectivity index (χ2v) is 4.37. The van der Waals surface area contributed by atoms with E-state index < -0.39 is 0 Å². The number of alkyl halides is 1. The molecule has 0 atom stereocenters. The average Bonchev–Trinajstić information content (AvgIpc) is 2.31. The van der Waals surface area contributed by atoms with Gasteiger partial charge in [0, 0.05) is 10.9 Å². The lowest BCUT2D eigenvalue weighted by atomic mass is 9.97. The molecular formula is C14H12Cl2. The molecule has 2 aromatic rings. The molecule has 2 aromatic carbocycles. The van der Waals surface area contributed by atoms with E-state index in [0.717, 1.165) is 16.1 Å². The highest BCUT2D eigenvalue weighted by atomic mass is 35.5. The van der Waals surface area contributed by atoms with Crippen LogP contribution in [0.2, 0.25) is 5.02 Å². The molecule has 0 aliphatic rings. The Morgan fingerprint density at radius 3 is 2.31 bits per heavy atom. The predicted molar refractivity (Wildman–Crippen MR) is 71.2 cm³/mol. The van der Waals surface area contributed by atoms with Crippen LogP contribution in [-0.4, -0.2) is 0 Å². The van der Waals surface area contributed by atoms with Gasteiger partial charge in [-0.25, -0.2) is 0 Å². The molecule has 0 aromatic heterocycles. The first-order valence-corrected chi connectivity index (χ1v) is 6.04. The van der Waals surface area contributed by atoms with Gasteiger partial charge in [-0.05, 0) is 35.2 Å². The van der Waals surface area contributed by atoms with Gasteiger partial charge < -0.3 is 0 Å². The third kappa shape index (κ3) is 2.09. The van der Waals surface area contributed by atoms with Crippen LogP contribution in [0.1, 0.15) is 11.1 Å². The maximum Gasteiger partial charge on any atom is 0.0491 e. The van der Waals surface area contributed by atoms with Crippen molar-refractivity contribution >= 4 is 23.2 Å². The smallest absolute Gasteiger partial charge is 0.0491 e. The van der Waals surface area contributed by atoms with Gasteiger partial charge in [-0.2, -0.15) is 0 Å². The fourth-order valence-corrected chi connectivity index (χ4v) is 2.50. The van der Waals surface area contributed by atoms with Crippen LogP contribution in [0.15, 0.2) is 42.5 Å². The number of rotatable bonds is 2. The van der Waals surface area contributed by atoms with Crippen LogP contribution in [0.3, 0.4) is 0 Å². The molecule has 82 valence electrons. The number of hydrogen-bond acceptors (Lipinski definition) is 0. The standard InChI is InChI=1S/C14H12Cl2/c1-10-12(11-5-3-2-4-6-11)7-8-14(16)13(10)9-15/h2-8H,9H2,1H3. The van der Waals surface area contributed by atoms with Crippen molar-refractivity contribution in [3.05, 3.63) is 58.6 Å². The third-order valence-electron chi connectivity index (χ3n) is 2.76. The molecule has 2 rings (SSSR count). The van der Waals surface area contributed by atoms with Crippen LogP contribution in [-0.2, 0) is 5.88 Å². The lowest BCUT2D eigenvalue weighted by molar-refractivity contribution is 1.30. The molecule has 0 radical (unpaired) electrons. The van der Waals surface area contributed by atoms with Crippen LogP contribution >= 0.6 is 23.2 Å². The van der Waals surface area contributed by atoms with Crippen LogP contribution in [0.25, 0.3) is 11.1 Å². The van der Waals surface area contributed by atoms with E-state index in [2.05, 4.69) is 19.1 Å². The van der Waals surface area contributed by atoms with Gasteiger partial charge in [0.2, 0.25) is 0 Å². The minimum absolute atomic E-state index is 0.450. The summed E-state index contributed by atoms with van der Waals surface area (Å²) in [6.45, 7) is 2.06. The van der Waals surface area contributed by atoms with E-state index in [1.54, 1.807) is 0 Å². The summed E-state index contributed by atoms with van der Waals surface area (Å²) in [5.74, 6) is 0.450. The minimum atomic E-state index is 0.450. The van der Waals surface area contributed by atoms with Crippen molar-refractivity contribution in [2.75, 3.05) is 0 Å². The van der Waals surface area contributed by atoms with Gasteiger partial charge in [-0.15, -0.1) is 11.6 Å². The third-order valence-corrected chi connectivity index (χ3v) is 3.38. The van der Waals surface area contributed by atoms with Crippen molar-refractivity contribution in [1.29, 1.82) is 0 Å². The summed E-state index contributed by atoms with van der Waals surface area (Å²) in [6.07, 6.45) is 0. The maximum atomic E-state index is 6.10. The molecule has 16 heavy (non-hydrogen) atoms. The zero-order chi connectivity index (χ0) is 11.5. The second kappa shape index (κ2) is 4.90. The highest BCUT2D eigenvalue weighted by Gasteiger charge is 2.08. The fourth-order valence-electron chi connectivity index (χ4n) is 1.82. The van der Waals surface area contributed by atoms with Crippen LogP contribution in [0.4, 0.5) is 0 Å². The van der Waals surface area contributed by atoms with Crippen molar-refractivity contribution in [3.8, 4) is 11.1 Å². The summed E-state index contributed by atoms with van der Waals surface area (Å²) in [5, 5.41) is 0.743. The highest BCUT2D eigenvalue weighted by Crippen LogP contribution is 2.30. The summed E-state index contributed by atoms with van der Waals surface area (Å²) in [7, 11) is 0. The Morgan fingerprint density at radius 2 is 1.69 bits per heavy atom. The average molecular weight is 251 g/mol.